The molecule has 2 atom stereocenters. The van der Waals surface area contributed by atoms with Crippen molar-refractivity contribution in [2.24, 2.45) is 10.8 Å². The van der Waals surface area contributed by atoms with E-state index < -0.39 is 16.4 Å². The van der Waals surface area contributed by atoms with Crippen molar-refractivity contribution in [2.75, 3.05) is 5.32 Å². The third-order valence-electron chi connectivity index (χ3n) is 5.10. The van der Waals surface area contributed by atoms with Crippen LogP contribution in [0, 0.1) is 10.8 Å². The number of hydrogen-bond donors (Lipinski definition) is 1. The molecule has 0 radical (unpaired) electrons. The lowest BCUT2D eigenvalue weighted by Gasteiger charge is -2.35. The van der Waals surface area contributed by atoms with Gasteiger partial charge in [0.15, 0.2) is 10.7 Å². The molecule has 5 nitrogen and oxygen atoms in total. The molecule has 0 unspecified atom stereocenters. The number of esters is 1. The average molecular weight is 280 g/mol. The van der Waals surface area contributed by atoms with Crippen LogP contribution >= 0.6 is 11.3 Å². The highest BCUT2D eigenvalue weighted by molar-refractivity contribution is 7.13. The summed E-state index contributed by atoms with van der Waals surface area (Å²) >= 11 is 1.35. The molecular formula is C13H16N2O3S. The zero-order valence-corrected chi connectivity index (χ0v) is 12.0. The number of amides is 1. The molecule has 1 aliphatic heterocycles. The molecule has 1 aromatic rings. The summed E-state index contributed by atoms with van der Waals surface area (Å²) in [6.07, 6.45) is 2.88. The van der Waals surface area contributed by atoms with Gasteiger partial charge in [0.1, 0.15) is 0 Å². The quantitative estimate of drug-likeness (QED) is 0.843. The number of nitrogens with zero attached hydrogens (tertiary/aromatic N) is 1. The number of rotatable bonds is 2. The smallest absolute Gasteiger partial charge is 0.313 e. The van der Waals surface area contributed by atoms with Gasteiger partial charge in [-0.15, -0.1) is 11.3 Å². The molecule has 1 aromatic heterocycles. The predicted molar refractivity (Wildman–Crippen MR) is 70.7 cm³/mol. The van der Waals surface area contributed by atoms with Gasteiger partial charge in [0, 0.05) is 17.0 Å². The second-order valence-electron chi connectivity index (χ2n) is 5.97. The lowest BCUT2D eigenvalue weighted by atomic mass is 9.66. The highest BCUT2D eigenvalue weighted by atomic mass is 32.1. The summed E-state index contributed by atoms with van der Waals surface area (Å²) in [7, 11) is 0. The molecule has 2 heterocycles. The van der Waals surface area contributed by atoms with E-state index >= 15 is 0 Å². The van der Waals surface area contributed by atoms with E-state index in [-0.39, 0.29) is 11.9 Å². The molecular weight excluding hydrogens is 264 g/mol. The molecule has 1 N–H and O–H groups in total. The second-order valence-corrected chi connectivity index (χ2v) is 6.86. The molecule has 1 saturated heterocycles. The first-order valence-electron chi connectivity index (χ1n) is 6.28. The van der Waals surface area contributed by atoms with Crippen molar-refractivity contribution in [2.45, 2.75) is 39.2 Å². The van der Waals surface area contributed by atoms with E-state index in [4.69, 9.17) is 4.74 Å². The highest BCUT2D eigenvalue weighted by Gasteiger charge is 2.75. The zero-order chi connectivity index (χ0) is 13.9. The number of hydrogen-bond acceptors (Lipinski definition) is 5. The zero-order valence-electron chi connectivity index (χ0n) is 11.1. The third-order valence-corrected chi connectivity index (χ3v) is 5.79. The Kier molecular flexibility index (Phi) is 2.36. The number of aromatic nitrogens is 1. The number of ether oxygens (including phenoxy) is 1. The fourth-order valence-corrected chi connectivity index (χ4v) is 3.75. The summed E-state index contributed by atoms with van der Waals surface area (Å²) in [6.45, 7) is 5.76. The van der Waals surface area contributed by atoms with E-state index in [0.29, 0.717) is 18.0 Å². The molecule has 1 saturated carbocycles. The molecule has 1 aliphatic carbocycles. The van der Waals surface area contributed by atoms with Crippen LogP contribution in [0.15, 0.2) is 11.6 Å². The van der Waals surface area contributed by atoms with Crippen LogP contribution in [0.4, 0.5) is 5.13 Å². The Balaban J connectivity index is 1.96. The van der Waals surface area contributed by atoms with Crippen molar-refractivity contribution in [1.82, 2.24) is 4.98 Å². The fraction of sp³-hybridized carbons (Fsp3) is 0.615. The van der Waals surface area contributed by atoms with Gasteiger partial charge >= 0.3 is 5.97 Å². The van der Waals surface area contributed by atoms with E-state index in [1.54, 1.807) is 11.6 Å². The number of carbonyl (C=O) groups is 2. The van der Waals surface area contributed by atoms with Crippen molar-refractivity contribution in [3.8, 4) is 0 Å². The summed E-state index contributed by atoms with van der Waals surface area (Å²) in [5.41, 5.74) is -2.16. The van der Waals surface area contributed by atoms with Gasteiger partial charge in [-0.3, -0.25) is 14.9 Å². The molecule has 0 aromatic carbocycles. The SMILES string of the molecule is CC1(C)[C@@]2(C)CC[C@@]1(C(=O)Nc1nccs1)OC2=O. The van der Waals surface area contributed by atoms with Crippen LogP contribution in [0.2, 0.25) is 0 Å². The average Bonchev–Trinajstić information content (AvgIpc) is 2.94. The second kappa shape index (κ2) is 3.56. The molecule has 2 bridgehead atoms. The standard InChI is InChI=1S/C13H16N2O3S/c1-11(2)12(3)4-5-13(11,18-9(12)17)8(16)15-10-14-6-7-19-10/h6-7H,4-5H2,1-3H3,(H,14,15,16)/t12-,13-/m0/s1. The van der Waals surface area contributed by atoms with Crippen LogP contribution in [0.25, 0.3) is 0 Å². The molecule has 0 spiro atoms. The maximum absolute atomic E-state index is 12.6. The van der Waals surface area contributed by atoms with Gasteiger partial charge in [0.05, 0.1) is 5.41 Å². The first-order chi connectivity index (χ1) is 8.83. The predicted octanol–water partition coefficient (Wildman–Crippen LogP) is 2.20. The van der Waals surface area contributed by atoms with Crippen LogP contribution in [0.5, 0.6) is 0 Å². The first-order valence-corrected chi connectivity index (χ1v) is 7.16. The van der Waals surface area contributed by atoms with Crippen LogP contribution in [0.1, 0.15) is 33.6 Å². The van der Waals surface area contributed by atoms with Gasteiger partial charge in [-0.2, -0.15) is 0 Å². The van der Waals surface area contributed by atoms with Crippen molar-refractivity contribution in [3.63, 3.8) is 0 Å². The van der Waals surface area contributed by atoms with Gasteiger partial charge in [0.2, 0.25) is 0 Å². The van der Waals surface area contributed by atoms with Crippen molar-refractivity contribution in [3.05, 3.63) is 11.6 Å². The van der Waals surface area contributed by atoms with E-state index in [0.717, 1.165) is 0 Å². The Morgan fingerprint density at radius 3 is 2.63 bits per heavy atom. The summed E-state index contributed by atoms with van der Waals surface area (Å²) < 4.78 is 5.50. The topological polar surface area (TPSA) is 68.3 Å². The molecule has 2 aliphatic rings. The van der Waals surface area contributed by atoms with Gasteiger partial charge in [-0.25, -0.2) is 4.98 Å². The highest BCUT2D eigenvalue weighted by Crippen LogP contribution is 2.65. The number of nitrogens with one attached hydrogen (secondary N) is 1. The van der Waals surface area contributed by atoms with Crippen molar-refractivity contribution >= 4 is 28.3 Å². The first kappa shape index (κ1) is 12.6. The van der Waals surface area contributed by atoms with E-state index in [1.807, 2.05) is 20.8 Å². The van der Waals surface area contributed by atoms with E-state index in [9.17, 15) is 9.59 Å². The summed E-state index contributed by atoms with van der Waals surface area (Å²) in [6, 6.07) is 0. The molecule has 2 fully saturated rings. The molecule has 6 heteroatoms. The Morgan fingerprint density at radius 1 is 1.42 bits per heavy atom. The molecule has 102 valence electrons. The maximum atomic E-state index is 12.6. The normalized spacial score (nSPS) is 35.2. The largest absolute Gasteiger partial charge is 0.448 e. The number of thiazole rings is 1. The van der Waals surface area contributed by atoms with Gasteiger partial charge < -0.3 is 4.74 Å². The Bertz CT molecular complexity index is 554. The number of anilines is 1. The van der Waals surface area contributed by atoms with Crippen LogP contribution in [-0.2, 0) is 14.3 Å². The van der Waals surface area contributed by atoms with Crippen LogP contribution in [-0.4, -0.2) is 22.5 Å². The summed E-state index contributed by atoms with van der Waals surface area (Å²) in [5.74, 6) is -0.528. The van der Waals surface area contributed by atoms with Crippen molar-refractivity contribution < 1.29 is 14.3 Å². The Morgan fingerprint density at radius 2 is 2.16 bits per heavy atom. The van der Waals surface area contributed by atoms with Crippen LogP contribution in [0.3, 0.4) is 0 Å². The van der Waals surface area contributed by atoms with Gasteiger partial charge in [-0.05, 0) is 19.8 Å². The minimum absolute atomic E-state index is 0.262. The lowest BCUT2D eigenvalue weighted by molar-refractivity contribution is -0.165. The van der Waals surface area contributed by atoms with Crippen molar-refractivity contribution in [1.29, 1.82) is 0 Å². The maximum Gasteiger partial charge on any atom is 0.313 e. The summed E-state index contributed by atoms with van der Waals surface area (Å²) in [5, 5.41) is 5.09. The fourth-order valence-electron chi connectivity index (χ4n) is 3.23. The van der Waals surface area contributed by atoms with E-state index in [1.165, 1.54) is 11.3 Å². The number of fused-ring (bicyclic) bond motifs is 2. The monoisotopic (exact) mass is 280 g/mol. The summed E-state index contributed by atoms with van der Waals surface area (Å²) in [4.78, 5) is 28.7. The molecule has 1 amide bonds. The molecule has 3 rings (SSSR count). The van der Waals surface area contributed by atoms with Crippen LogP contribution < -0.4 is 5.32 Å². The third kappa shape index (κ3) is 1.32. The lowest BCUT2D eigenvalue weighted by Crippen LogP contribution is -2.50. The Labute approximate surface area is 115 Å². The molecule has 19 heavy (non-hydrogen) atoms. The van der Waals surface area contributed by atoms with E-state index in [2.05, 4.69) is 10.3 Å². The minimum atomic E-state index is -1.06. The Hall–Kier alpha value is -1.43. The number of carbonyl (C=O) groups excluding carboxylic acids is 2. The van der Waals surface area contributed by atoms with Gasteiger partial charge in [-0.1, -0.05) is 13.8 Å². The van der Waals surface area contributed by atoms with Gasteiger partial charge in [0.25, 0.3) is 5.91 Å². The minimum Gasteiger partial charge on any atom is -0.448 e.